The fraction of sp³-hybridized carbons (Fsp3) is 1.00. The van der Waals surface area contributed by atoms with Gasteiger partial charge in [0.15, 0.2) is 0 Å². The minimum atomic E-state index is -0.146. The van der Waals surface area contributed by atoms with E-state index in [2.05, 4.69) is 6.92 Å². The van der Waals surface area contributed by atoms with Gasteiger partial charge in [-0.15, -0.1) is 0 Å². The maximum Gasteiger partial charge on any atom is 0.0864 e. The zero-order valence-electron chi connectivity index (χ0n) is 8.17. The molecular formula is C9H19NO2. The SMILES string of the molecule is CC(CN)C1COCC(C)(C)O1. The van der Waals surface area contributed by atoms with Crippen LogP contribution in [0.5, 0.6) is 0 Å². The van der Waals surface area contributed by atoms with E-state index in [4.69, 9.17) is 15.2 Å². The average molecular weight is 173 g/mol. The molecule has 1 aliphatic rings. The van der Waals surface area contributed by atoms with Crippen molar-refractivity contribution in [3.05, 3.63) is 0 Å². The van der Waals surface area contributed by atoms with E-state index in [1.165, 1.54) is 0 Å². The molecule has 0 amide bonds. The van der Waals surface area contributed by atoms with Crippen LogP contribution in [0.25, 0.3) is 0 Å². The van der Waals surface area contributed by atoms with Crippen molar-refractivity contribution in [1.82, 2.24) is 0 Å². The Balaban J connectivity index is 2.46. The summed E-state index contributed by atoms with van der Waals surface area (Å²) in [5.74, 6) is 0.379. The Morgan fingerprint density at radius 1 is 1.58 bits per heavy atom. The Labute approximate surface area is 74.2 Å². The summed E-state index contributed by atoms with van der Waals surface area (Å²) < 4.78 is 11.3. The van der Waals surface area contributed by atoms with Crippen LogP contribution in [0.4, 0.5) is 0 Å². The molecular weight excluding hydrogens is 154 g/mol. The zero-order chi connectivity index (χ0) is 9.19. The maximum atomic E-state index is 5.82. The predicted molar refractivity (Wildman–Crippen MR) is 48.0 cm³/mol. The number of hydrogen-bond donors (Lipinski definition) is 1. The van der Waals surface area contributed by atoms with Crippen LogP contribution in [0.2, 0.25) is 0 Å². The molecule has 2 atom stereocenters. The molecule has 0 spiro atoms. The molecule has 1 fully saturated rings. The van der Waals surface area contributed by atoms with Crippen LogP contribution in [0.15, 0.2) is 0 Å². The largest absolute Gasteiger partial charge is 0.376 e. The summed E-state index contributed by atoms with van der Waals surface area (Å²) in [6.07, 6.45) is 0.166. The van der Waals surface area contributed by atoms with Gasteiger partial charge in [0.2, 0.25) is 0 Å². The van der Waals surface area contributed by atoms with Crippen LogP contribution in [-0.4, -0.2) is 31.5 Å². The number of nitrogens with two attached hydrogens (primary N) is 1. The van der Waals surface area contributed by atoms with E-state index in [-0.39, 0.29) is 11.7 Å². The Morgan fingerprint density at radius 2 is 2.25 bits per heavy atom. The first-order chi connectivity index (χ1) is 5.55. The quantitative estimate of drug-likeness (QED) is 0.671. The third kappa shape index (κ3) is 2.44. The monoisotopic (exact) mass is 173 g/mol. The van der Waals surface area contributed by atoms with Gasteiger partial charge in [0.05, 0.1) is 24.9 Å². The molecule has 0 saturated carbocycles. The van der Waals surface area contributed by atoms with Gasteiger partial charge in [-0.3, -0.25) is 0 Å². The van der Waals surface area contributed by atoms with Crippen LogP contribution in [0, 0.1) is 5.92 Å². The summed E-state index contributed by atoms with van der Waals surface area (Å²) in [6, 6.07) is 0. The van der Waals surface area contributed by atoms with Gasteiger partial charge in [0, 0.05) is 0 Å². The van der Waals surface area contributed by atoms with Gasteiger partial charge < -0.3 is 15.2 Å². The van der Waals surface area contributed by atoms with E-state index in [9.17, 15) is 0 Å². The first-order valence-corrected chi connectivity index (χ1v) is 4.51. The van der Waals surface area contributed by atoms with Crippen LogP contribution >= 0.6 is 0 Å². The molecule has 2 unspecified atom stereocenters. The number of ether oxygens (including phenoxy) is 2. The molecule has 12 heavy (non-hydrogen) atoms. The topological polar surface area (TPSA) is 44.5 Å². The fourth-order valence-electron chi connectivity index (χ4n) is 1.33. The van der Waals surface area contributed by atoms with Gasteiger partial charge in [-0.25, -0.2) is 0 Å². The molecule has 72 valence electrons. The molecule has 1 saturated heterocycles. The van der Waals surface area contributed by atoms with Crippen LogP contribution < -0.4 is 5.73 Å². The van der Waals surface area contributed by atoms with Crippen molar-refractivity contribution in [1.29, 1.82) is 0 Å². The second-order valence-corrected chi connectivity index (χ2v) is 4.14. The molecule has 3 heteroatoms. The highest BCUT2D eigenvalue weighted by molar-refractivity contribution is 4.78. The van der Waals surface area contributed by atoms with Gasteiger partial charge in [-0.1, -0.05) is 6.92 Å². The van der Waals surface area contributed by atoms with Gasteiger partial charge in [-0.05, 0) is 26.3 Å². The van der Waals surface area contributed by atoms with Crippen molar-refractivity contribution in [3.8, 4) is 0 Å². The third-order valence-corrected chi connectivity index (χ3v) is 2.21. The van der Waals surface area contributed by atoms with Gasteiger partial charge in [-0.2, -0.15) is 0 Å². The maximum absolute atomic E-state index is 5.82. The summed E-state index contributed by atoms with van der Waals surface area (Å²) in [4.78, 5) is 0. The smallest absolute Gasteiger partial charge is 0.0864 e. The number of rotatable bonds is 2. The second-order valence-electron chi connectivity index (χ2n) is 4.14. The molecule has 0 aromatic rings. The predicted octanol–water partition coefficient (Wildman–Crippen LogP) is 0.775. The summed E-state index contributed by atoms with van der Waals surface area (Å²) >= 11 is 0. The van der Waals surface area contributed by atoms with E-state index in [1.807, 2.05) is 13.8 Å². The van der Waals surface area contributed by atoms with Crippen LogP contribution in [0.1, 0.15) is 20.8 Å². The van der Waals surface area contributed by atoms with E-state index in [0.29, 0.717) is 25.7 Å². The standard InChI is InChI=1S/C9H19NO2/c1-7(4-10)8-5-11-6-9(2,3)12-8/h7-8H,4-6,10H2,1-3H3. The lowest BCUT2D eigenvalue weighted by Gasteiger charge is -2.38. The zero-order valence-corrected chi connectivity index (χ0v) is 8.17. The Hall–Kier alpha value is -0.120. The Morgan fingerprint density at radius 3 is 2.75 bits per heavy atom. The lowest BCUT2D eigenvalue weighted by Crippen LogP contribution is -2.47. The van der Waals surface area contributed by atoms with Crippen molar-refractivity contribution in [2.24, 2.45) is 11.7 Å². The summed E-state index contributed by atoms with van der Waals surface area (Å²) in [5, 5.41) is 0. The summed E-state index contributed by atoms with van der Waals surface area (Å²) in [7, 11) is 0. The van der Waals surface area contributed by atoms with E-state index >= 15 is 0 Å². The summed E-state index contributed by atoms with van der Waals surface area (Å²) in [6.45, 7) is 8.20. The molecule has 1 aliphatic heterocycles. The van der Waals surface area contributed by atoms with Crippen molar-refractivity contribution >= 4 is 0 Å². The van der Waals surface area contributed by atoms with E-state index < -0.39 is 0 Å². The summed E-state index contributed by atoms with van der Waals surface area (Å²) in [5.41, 5.74) is 5.41. The minimum Gasteiger partial charge on any atom is -0.376 e. The lowest BCUT2D eigenvalue weighted by molar-refractivity contribution is -0.195. The fourth-order valence-corrected chi connectivity index (χ4v) is 1.33. The Kier molecular flexibility index (Phi) is 3.09. The molecule has 0 aromatic carbocycles. The third-order valence-electron chi connectivity index (χ3n) is 2.21. The molecule has 0 aromatic heterocycles. The molecule has 0 aliphatic carbocycles. The second kappa shape index (κ2) is 3.73. The van der Waals surface area contributed by atoms with Crippen molar-refractivity contribution in [2.75, 3.05) is 19.8 Å². The van der Waals surface area contributed by atoms with Gasteiger partial charge in [0.1, 0.15) is 0 Å². The van der Waals surface area contributed by atoms with E-state index in [1.54, 1.807) is 0 Å². The molecule has 1 rings (SSSR count). The molecule has 0 bridgehead atoms. The van der Waals surface area contributed by atoms with Crippen LogP contribution in [0.3, 0.4) is 0 Å². The Bertz CT molecular complexity index is 147. The minimum absolute atomic E-state index is 0.146. The lowest BCUT2D eigenvalue weighted by atomic mass is 10.0. The average Bonchev–Trinajstić information content (AvgIpc) is 2.01. The van der Waals surface area contributed by atoms with Crippen molar-refractivity contribution in [2.45, 2.75) is 32.5 Å². The van der Waals surface area contributed by atoms with Gasteiger partial charge >= 0.3 is 0 Å². The molecule has 2 N–H and O–H groups in total. The first kappa shape index (κ1) is 9.96. The van der Waals surface area contributed by atoms with Crippen molar-refractivity contribution < 1.29 is 9.47 Å². The number of hydrogen-bond acceptors (Lipinski definition) is 3. The molecule has 3 nitrogen and oxygen atoms in total. The van der Waals surface area contributed by atoms with Crippen LogP contribution in [-0.2, 0) is 9.47 Å². The van der Waals surface area contributed by atoms with E-state index in [0.717, 1.165) is 0 Å². The highest BCUT2D eigenvalue weighted by Crippen LogP contribution is 2.22. The highest BCUT2D eigenvalue weighted by Gasteiger charge is 2.31. The van der Waals surface area contributed by atoms with Gasteiger partial charge in [0.25, 0.3) is 0 Å². The normalized spacial score (nSPS) is 31.5. The molecule has 0 radical (unpaired) electrons. The highest BCUT2D eigenvalue weighted by atomic mass is 16.6. The first-order valence-electron chi connectivity index (χ1n) is 4.51. The van der Waals surface area contributed by atoms with Crippen molar-refractivity contribution in [3.63, 3.8) is 0 Å². The molecule has 1 heterocycles.